The third-order valence-corrected chi connectivity index (χ3v) is 4.84. The summed E-state index contributed by atoms with van der Waals surface area (Å²) < 4.78 is 21.2. The number of nitrogens with zero attached hydrogens (tertiary/aromatic N) is 1. The first-order valence-corrected chi connectivity index (χ1v) is 10.5. The van der Waals surface area contributed by atoms with Crippen molar-refractivity contribution in [3.63, 3.8) is 0 Å². The van der Waals surface area contributed by atoms with Crippen LogP contribution in [0.15, 0.2) is 65.8 Å². The molecule has 3 rings (SSSR count). The maximum absolute atomic E-state index is 12.4. The van der Waals surface area contributed by atoms with Gasteiger partial charge in [-0.15, -0.1) is 0 Å². The number of rotatable bonds is 9. The molecule has 0 aliphatic carbocycles. The van der Waals surface area contributed by atoms with Gasteiger partial charge in [-0.05, 0) is 78.7 Å². The number of amides is 1. The molecule has 0 spiro atoms. The Morgan fingerprint density at radius 2 is 1.65 bits per heavy atom. The molecule has 0 aromatic heterocycles. The second-order valence-corrected chi connectivity index (χ2v) is 7.46. The van der Waals surface area contributed by atoms with E-state index >= 15 is 0 Å². The van der Waals surface area contributed by atoms with E-state index < -0.39 is 11.9 Å². The fourth-order valence-corrected chi connectivity index (χ4v) is 3.11. The Kier molecular flexibility index (Phi) is 8.48. The molecule has 0 bridgehead atoms. The van der Waals surface area contributed by atoms with Crippen LogP contribution < -0.4 is 24.4 Å². The molecular weight excluding hydrogens is 460 g/mol. The highest BCUT2D eigenvalue weighted by Crippen LogP contribution is 2.28. The van der Waals surface area contributed by atoms with Gasteiger partial charge in [0, 0.05) is 5.02 Å². The van der Waals surface area contributed by atoms with Gasteiger partial charge in [0.15, 0.2) is 18.1 Å². The Labute approximate surface area is 202 Å². The number of carbonyl (C=O) groups is 2. The average molecular weight is 483 g/mol. The Morgan fingerprint density at radius 3 is 2.32 bits per heavy atom. The summed E-state index contributed by atoms with van der Waals surface area (Å²) in [6.07, 6.45) is 1.46. The van der Waals surface area contributed by atoms with Gasteiger partial charge in [-0.25, -0.2) is 10.2 Å². The molecule has 0 unspecified atom stereocenters. The highest BCUT2D eigenvalue weighted by atomic mass is 35.5. The van der Waals surface area contributed by atoms with E-state index in [2.05, 4.69) is 10.5 Å². The van der Waals surface area contributed by atoms with Gasteiger partial charge < -0.3 is 18.9 Å². The molecule has 3 aromatic carbocycles. The molecule has 8 nitrogen and oxygen atoms in total. The molecule has 34 heavy (non-hydrogen) atoms. The molecule has 1 N–H and O–H groups in total. The smallest absolute Gasteiger partial charge is 0.343 e. The SMILES string of the molecule is COc1ccc(C(=O)Oc2ccc(/C=N/NC(=O)COc3ccc(Cl)cc3C)cc2)cc1OC. The number of esters is 1. The third kappa shape index (κ3) is 6.73. The summed E-state index contributed by atoms with van der Waals surface area (Å²) >= 11 is 5.90. The molecule has 0 aliphatic heterocycles. The van der Waals surface area contributed by atoms with Crippen LogP contribution >= 0.6 is 11.6 Å². The maximum Gasteiger partial charge on any atom is 0.343 e. The van der Waals surface area contributed by atoms with Crippen molar-refractivity contribution < 1.29 is 28.5 Å². The Balaban J connectivity index is 1.50. The fourth-order valence-electron chi connectivity index (χ4n) is 2.88. The number of carbonyl (C=O) groups excluding carboxylic acids is 2. The van der Waals surface area contributed by atoms with E-state index in [4.69, 9.17) is 30.5 Å². The van der Waals surface area contributed by atoms with E-state index in [-0.39, 0.29) is 6.61 Å². The van der Waals surface area contributed by atoms with E-state index in [1.165, 1.54) is 20.4 Å². The first kappa shape index (κ1) is 24.6. The predicted molar refractivity (Wildman–Crippen MR) is 128 cm³/mol. The summed E-state index contributed by atoms with van der Waals surface area (Å²) in [5.41, 5.74) is 4.24. The number of hydrogen-bond donors (Lipinski definition) is 1. The zero-order valence-corrected chi connectivity index (χ0v) is 19.6. The summed E-state index contributed by atoms with van der Waals surface area (Å²) in [5, 5.41) is 4.50. The molecule has 0 radical (unpaired) electrons. The second kappa shape index (κ2) is 11.7. The Hall–Kier alpha value is -4.04. The number of benzene rings is 3. The summed E-state index contributed by atoms with van der Waals surface area (Å²) in [6.45, 7) is 1.65. The van der Waals surface area contributed by atoms with E-state index in [0.717, 1.165) is 5.56 Å². The first-order chi connectivity index (χ1) is 16.4. The van der Waals surface area contributed by atoms with Crippen LogP contribution in [0.5, 0.6) is 23.0 Å². The highest BCUT2D eigenvalue weighted by molar-refractivity contribution is 6.30. The Morgan fingerprint density at radius 1 is 0.941 bits per heavy atom. The standard InChI is InChI=1S/C25H23ClN2O6/c1-16-12-19(26)7-11-21(16)33-15-24(29)28-27-14-17-4-8-20(9-5-17)34-25(30)18-6-10-22(31-2)23(13-18)32-3/h4-14H,15H2,1-3H3,(H,28,29)/b27-14+. The van der Waals surface area contributed by atoms with Gasteiger partial charge in [0.2, 0.25) is 0 Å². The quantitative estimate of drug-likeness (QED) is 0.210. The molecule has 0 fully saturated rings. The lowest BCUT2D eigenvalue weighted by Crippen LogP contribution is -2.24. The van der Waals surface area contributed by atoms with Gasteiger partial charge in [-0.2, -0.15) is 5.10 Å². The number of hydrazone groups is 1. The molecule has 3 aromatic rings. The molecular formula is C25H23ClN2O6. The van der Waals surface area contributed by atoms with Crippen molar-refractivity contribution in [3.05, 3.63) is 82.4 Å². The maximum atomic E-state index is 12.4. The second-order valence-electron chi connectivity index (χ2n) is 7.02. The van der Waals surface area contributed by atoms with Crippen LogP contribution in [0.3, 0.4) is 0 Å². The van der Waals surface area contributed by atoms with Crippen molar-refractivity contribution in [1.29, 1.82) is 0 Å². The number of halogens is 1. The van der Waals surface area contributed by atoms with E-state index in [9.17, 15) is 9.59 Å². The molecule has 0 aliphatic rings. The lowest BCUT2D eigenvalue weighted by atomic mass is 10.2. The van der Waals surface area contributed by atoms with Crippen molar-refractivity contribution in [1.82, 2.24) is 5.43 Å². The predicted octanol–water partition coefficient (Wildman–Crippen LogP) is 4.41. The van der Waals surface area contributed by atoms with Crippen molar-refractivity contribution in [2.75, 3.05) is 20.8 Å². The lowest BCUT2D eigenvalue weighted by Gasteiger charge is -2.09. The molecule has 0 atom stereocenters. The van der Waals surface area contributed by atoms with Crippen molar-refractivity contribution in [2.45, 2.75) is 6.92 Å². The van der Waals surface area contributed by atoms with Gasteiger partial charge in [0.1, 0.15) is 11.5 Å². The zero-order valence-electron chi connectivity index (χ0n) is 18.8. The van der Waals surface area contributed by atoms with Crippen LogP contribution in [0.25, 0.3) is 0 Å². The van der Waals surface area contributed by atoms with Gasteiger partial charge >= 0.3 is 5.97 Å². The van der Waals surface area contributed by atoms with Crippen LogP contribution in [-0.4, -0.2) is 38.9 Å². The lowest BCUT2D eigenvalue weighted by molar-refractivity contribution is -0.123. The molecule has 9 heteroatoms. The van der Waals surface area contributed by atoms with Crippen LogP contribution in [0.1, 0.15) is 21.5 Å². The molecule has 0 saturated heterocycles. The van der Waals surface area contributed by atoms with E-state index in [0.29, 0.717) is 39.1 Å². The number of ether oxygens (including phenoxy) is 4. The van der Waals surface area contributed by atoms with Gasteiger partial charge in [0.25, 0.3) is 5.91 Å². The summed E-state index contributed by atoms with van der Waals surface area (Å²) in [4.78, 5) is 24.3. The molecule has 0 saturated carbocycles. The number of aryl methyl sites for hydroxylation is 1. The highest BCUT2D eigenvalue weighted by Gasteiger charge is 2.13. The average Bonchev–Trinajstić information content (AvgIpc) is 2.84. The van der Waals surface area contributed by atoms with Crippen LogP contribution in [-0.2, 0) is 4.79 Å². The normalized spacial score (nSPS) is 10.6. The largest absolute Gasteiger partial charge is 0.493 e. The summed E-state index contributed by atoms with van der Waals surface area (Å²) in [5.74, 6) is 0.923. The number of hydrogen-bond acceptors (Lipinski definition) is 7. The summed E-state index contributed by atoms with van der Waals surface area (Å²) in [7, 11) is 3.01. The van der Waals surface area contributed by atoms with Crippen molar-refractivity contribution in [3.8, 4) is 23.0 Å². The van der Waals surface area contributed by atoms with Crippen LogP contribution in [0.4, 0.5) is 0 Å². The zero-order chi connectivity index (χ0) is 24.5. The van der Waals surface area contributed by atoms with Gasteiger partial charge in [-0.1, -0.05) is 11.6 Å². The van der Waals surface area contributed by atoms with Gasteiger partial charge in [0.05, 0.1) is 26.0 Å². The summed E-state index contributed by atoms with van der Waals surface area (Å²) in [6, 6.07) is 16.5. The van der Waals surface area contributed by atoms with Crippen molar-refractivity contribution >= 4 is 29.7 Å². The van der Waals surface area contributed by atoms with Gasteiger partial charge in [-0.3, -0.25) is 4.79 Å². The minimum absolute atomic E-state index is 0.190. The molecule has 1 amide bonds. The number of nitrogens with one attached hydrogen (secondary N) is 1. The minimum atomic E-state index is -0.537. The molecule has 0 heterocycles. The topological polar surface area (TPSA) is 95.5 Å². The first-order valence-electron chi connectivity index (χ1n) is 10.1. The van der Waals surface area contributed by atoms with Crippen LogP contribution in [0, 0.1) is 6.92 Å². The van der Waals surface area contributed by atoms with E-state index in [1.807, 2.05) is 6.92 Å². The van der Waals surface area contributed by atoms with Crippen molar-refractivity contribution in [2.24, 2.45) is 5.10 Å². The van der Waals surface area contributed by atoms with E-state index in [1.54, 1.807) is 60.7 Å². The number of methoxy groups -OCH3 is 2. The van der Waals surface area contributed by atoms with Crippen LogP contribution in [0.2, 0.25) is 5.02 Å². The monoisotopic (exact) mass is 482 g/mol. The fraction of sp³-hybridized carbons (Fsp3) is 0.160. The minimum Gasteiger partial charge on any atom is -0.493 e. The molecule has 176 valence electrons. The Bertz CT molecular complexity index is 1190. The third-order valence-electron chi connectivity index (χ3n) is 4.61.